The van der Waals surface area contributed by atoms with E-state index in [2.05, 4.69) is 17.6 Å². The highest BCUT2D eigenvalue weighted by Gasteiger charge is 2.33. The van der Waals surface area contributed by atoms with E-state index in [-0.39, 0.29) is 12.6 Å². The van der Waals surface area contributed by atoms with Gasteiger partial charge in [-0.15, -0.1) is 0 Å². The van der Waals surface area contributed by atoms with Gasteiger partial charge >= 0.3 is 0 Å². The fourth-order valence-corrected chi connectivity index (χ4v) is 2.90. The van der Waals surface area contributed by atoms with Crippen LogP contribution in [0.5, 0.6) is 0 Å². The number of unbranched alkanes of at least 4 members (excludes halogenated alkanes) is 6. The summed E-state index contributed by atoms with van der Waals surface area (Å²) in [5, 5.41) is 35.0. The Morgan fingerprint density at radius 1 is 0.957 bits per heavy atom. The van der Waals surface area contributed by atoms with E-state index in [4.69, 9.17) is 0 Å². The van der Waals surface area contributed by atoms with Crippen molar-refractivity contribution in [2.75, 3.05) is 13.2 Å². The molecule has 0 fully saturated rings. The van der Waals surface area contributed by atoms with Crippen LogP contribution in [0.3, 0.4) is 0 Å². The molecule has 0 saturated heterocycles. The van der Waals surface area contributed by atoms with Gasteiger partial charge in [-0.2, -0.15) is 0 Å². The number of aliphatic hydroxyl groups is 3. The summed E-state index contributed by atoms with van der Waals surface area (Å²) < 4.78 is 0. The van der Waals surface area contributed by atoms with E-state index >= 15 is 0 Å². The van der Waals surface area contributed by atoms with E-state index in [0.29, 0.717) is 0 Å². The van der Waals surface area contributed by atoms with Crippen LogP contribution in [0, 0.1) is 0 Å². The first-order valence-electron chi connectivity index (χ1n) is 9.39. The topological polar surface area (TPSA) is 84.8 Å². The summed E-state index contributed by atoms with van der Waals surface area (Å²) in [7, 11) is 0. The van der Waals surface area contributed by atoms with Gasteiger partial charge in [-0.05, 0) is 33.2 Å². The Morgan fingerprint density at radius 3 is 2.00 bits per heavy atom. The van der Waals surface area contributed by atoms with E-state index in [0.717, 1.165) is 19.4 Å². The maximum Gasteiger partial charge on any atom is 0.166 e. The third-order valence-corrected chi connectivity index (χ3v) is 4.73. The molecule has 3 unspecified atom stereocenters. The van der Waals surface area contributed by atoms with Crippen LogP contribution >= 0.6 is 0 Å². The first kappa shape index (κ1) is 22.8. The molecule has 5 nitrogen and oxygen atoms in total. The molecule has 0 aliphatic carbocycles. The summed E-state index contributed by atoms with van der Waals surface area (Å²) >= 11 is 0. The first-order chi connectivity index (χ1) is 10.9. The number of hydrogen-bond acceptors (Lipinski definition) is 5. The van der Waals surface area contributed by atoms with Gasteiger partial charge in [-0.3, -0.25) is 0 Å². The molecule has 3 atom stereocenters. The molecule has 0 saturated carbocycles. The summed E-state index contributed by atoms with van der Waals surface area (Å²) in [6.07, 6.45) is 8.28. The van der Waals surface area contributed by atoms with Crippen LogP contribution < -0.4 is 10.6 Å². The van der Waals surface area contributed by atoms with Gasteiger partial charge in [0.1, 0.15) is 0 Å². The van der Waals surface area contributed by atoms with Crippen LogP contribution in [0.1, 0.15) is 79.1 Å². The van der Waals surface area contributed by atoms with Gasteiger partial charge in [0.15, 0.2) is 6.29 Å². The Bertz CT molecular complexity index is 277. The normalized spacial score (nSPS) is 17.2. The molecule has 0 aromatic carbocycles. The fourth-order valence-electron chi connectivity index (χ4n) is 2.90. The molecule has 0 aliphatic rings. The number of nitrogens with one attached hydrogen (secondary N) is 2. The lowest BCUT2D eigenvalue weighted by atomic mass is 9.90. The minimum absolute atomic E-state index is 0.0171. The SMILES string of the molecule is CCCCCCCCCNC(C)(CO)C(CC)NC(C)C(O)O. The monoisotopic (exact) mass is 332 g/mol. The second-order valence-electron chi connectivity index (χ2n) is 6.95. The zero-order chi connectivity index (χ0) is 17.7. The third-order valence-electron chi connectivity index (χ3n) is 4.73. The molecule has 0 heterocycles. The van der Waals surface area contributed by atoms with Crippen molar-refractivity contribution in [3.05, 3.63) is 0 Å². The molecule has 140 valence electrons. The predicted octanol–water partition coefficient (Wildman–Crippen LogP) is 2.15. The second kappa shape index (κ2) is 13.1. The van der Waals surface area contributed by atoms with Crippen molar-refractivity contribution in [3.63, 3.8) is 0 Å². The highest BCUT2D eigenvalue weighted by atomic mass is 16.5. The van der Waals surface area contributed by atoms with E-state index < -0.39 is 17.9 Å². The number of rotatable bonds is 15. The van der Waals surface area contributed by atoms with E-state index in [1.54, 1.807) is 6.92 Å². The molecule has 23 heavy (non-hydrogen) atoms. The van der Waals surface area contributed by atoms with Crippen LogP contribution in [0.25, 0.3) is 0 Å². The molecule has 0 spiro atoms. The molecular weight excluding hydrogens is 292 g/mol. The van der Waals surface area contributed by atoms with Crippen molar-refractivity contribution in [2.45, 2.75) is 103 Å². The smallest absolute Gasteiger partial charge is 0.166 e. The summed E-state index contributed by atoms with van der Waals surface area (Å²) in [5.41, 5.74) is -0.458. The van der Waals surface area contributed by atoms with Crippen molar-refractivity contribution >= 4 is 0 Å². The van der Waals surface area contributed by atoms with E-state index in [1.807, 2.05) is 13.8 Å². The lowest BCUT2D eigenvalue weighted by molar-refractivity contribution is -0.0680. The Kier molecular flexibility index (Phi) is 13.0. The Labute approximate surface area is 142 Å². The van der Waals surface area contributed by atoms with Crippen LogP contribution in [0.4, 0.5) is 0 Å². The van der Waals surface area contributed by atoms with Gasteiger partial charge in [0.05, 0.1) is 18.2 Å². The van der Waals surface area contributed by atoms with Crippen LogP contribution in [-0.4, -0.2) is 52.4 Å². The lowest BCUT2D eigenvalue weighted by Crippen LogP contribution is -2.62. The summed E-state index contributed by atoms with van der Waals surface area (Å²) in [4.78, 5) is 0. The van der Waals surface area contributed by atoms with Gasteiger partial charge < -0.3 is 26.0 Å². The van der Waals surface area contributed by atoms with Crippen molar-refractivity contribution in [2.24, 2.45) is 0 Å². The Balaban J connectivity index is 4.15. The van der Waals surface area contributed by atoms with E-state index in [1.165, 1.54) is 38.5 Å². The minimum Gasteiger partial charge on any atom is -0.394 e. The zero-order valence-electron chi connectivity index (χ0n) is 15.6. The quantitative estimate of drug-likeness (QED) is 0.234. The molecule has 0 aromatic rings. The molecule has 0 amide bonds. The van der Waals surface area contributed by atoms with Gasteiger partial charge in [0.25, 0.3) is 0 Å². The molecule has 0 rings (SSSR count). The van der Waals surface area contributed by atoms with Crippen molar-refractivity contribution in [3.8, 4) is 0 Å². The Hall–Kier alpha value is -0.200. The van der Waals surface area contributed by atoms with Crippen LogP contribution in [-0.2, 0) is 0 Å². The molecule has 0 aromatic heterocycles. The maximum atomic E-state index is 9.81. The highest BCUT2D eigenvalue weighted by molar-refractivity contribution is 4.95. The Morgan fingerprint density at radius 2 is 1.52 bits per heavy atom. The standard InChI is InChI=1S/C18H40N2O3/c1-5-7-8-9-10-11-12-13-19-18(4,14-21)16(6-2)20-15(3)17(22)23/h15-17,19-23H,5-14H2,1-4H3. The average Bonchev–Trinajstić information content (AvgIpc) is 2.54. The first-order valence-corrected chi connectivity index (χ1v) is 9.39. The molecule has 5 heteroatoms. The summed E-state index contributed by atoms with van der Waals surface area (Å²) in [6.45, 7) is 8.89. The lowest BCUT2D eigenvalue weighted by Gasteiger charge is -2.39. The fraction of sp³-hybridized carbons (Fsp3) is 1.00. The number of aliphatic hydroxyl groups excluding tert-OH is 2. The van der Waals surface area contributed by atoms with Crippen molar-refractivity contribution < 1.29 is 15.3 Å². The highest BCUT2D eigenvalue weighted by Crippen LogP contribution is 2.15. The van der Waals surface area contributed by atoms with Crippen LogP contribution in [0.2, 0.25) is 0 Å². The molecule has 0 radical (unpaired) electrons. The second-order valence-corrected chi connectivity index (χ2v) is 6.95. The molecule has 5 N–H and O–H groups in total. The van der Waals surface area contributed by atoms with Crippen LogP contribution in [0.15, 0.2) is 0 Å². The molecular formula is C18H40N2O3. The number of hydrogen-bond donors (Lipinski definition) is 5. The predicted molar refractivity (Wildman–Crippen MR) is 96.4 cm³/mol. The summed E-state index contributed by atoms with van der Waals surface area (Å²) in [5.74, 6) is 0. The van der Waals surface area contributed by atoms with Crippen molar-refractivity contribution in [1.29, 1.82) is 0 Å². The maximum absolute atomic E-state index is 9.81. The zero-order valence-corrected chi connectivity index (χ0v) is 15.6. The minimum atomic E-state index is -1.39. The average molecular weight is 333 g/mol. The van der Waals surface area contributed by atoms with Crippen molar-refractivity contribution in [1.82, 2.24) is 10.6 Å². The molecule has 0 aliphatic heterocycles. The molecule has 0 bridgehead atoms. The summed E-state index contributed by atoms with van der Waals surface area (Å²) in [6, 6.07) is -0.444. The van der Waals surface area contributed by atoms with Gasteiger partial charge in [-0.1, -0.05) is 52.4 Å². The van der Waals surface area contributed by atoms with Gasteiger partial charge in [0.2, 0.25) is 0 Å². The third kappa shape index (κ3) is 9.62. The van der Waals surface area contributed by atoms with Gasteiger partial charge in [0, 0.05) is 6.04 Å². The van der Waals surface area contributed by atoms with E-state index in [9.17, 15) is 15.3 Å². The largest absolute Gasteiger partial charge is 0.394 e. The van der Waals surface area contributed by atoms with Gasteiger partial charge in [-0.25, -0.2) is 0 Å².